The molecular formula is C12H13ClN4O2S. The van der Waals surface area contributed by atoms with Crippen LogP contribution in [0.25, 0.3) is 10.7 Å². The maximum atomic E-state index is 11.6. The Kier molecular flexibility index (Phi) is 3.47. The zero-order valence-electron chi connectivity index (χ0n) is 10.6. The van der Waals surface area contributed by atoms with E-state index in [1.807, 2.05) is 5.38 Å². The van der Waals surface area contributed by atoms with E-state index in [4.69, 9.17) is 11.6 Å². The molecule has 0 radical (unpaired) electrons. The highest BCUT2D eigenvalue weighted by Crippen LogP contribution is 2.41. The average Bonchev–Trinajstić information content (AvgIpc) is 3.11. The van der Waals surface area contributed by atoms with Gasteiger partial charge in [0.25, 0.3) is 0 Å². The third-order valence-corrected chi connectivity index (χ3v) is 5.16. The quantitative estimate of drug-likeness (QED) is 0.938. The van der Waals surface area contributed by atoms with Crippen molar-refractivity contribution in [3.63, 3.8) is 0 Å². The molecule has 1 aliphatic carbocycles. The third kappa shape index (κ3) is 2.20. The number of aliphatic carboxylic acids is 1. The first kappa shape index (κ1) is 13.5. The van der Waals surface area contributed by atoms with Crippen LogP contribution in [0.5, 0.6) is 0 Å². The zero-order chi connectivity index (χ0) is 14.2. The average molecular weight is 313 g/mol. The maximum Gasteiger partial charge on any atom is 0.311 e. The number of halogens is 1. The van der Waals surface area contributed by atoms with Crippen molar-refractivity contribution in [1.29, 1.82) is 0 Å². The Morgan fingerprint density at radius 3 is 2.85 bits per heavy atom. The van der Waals surface area contributed by atoms with E-state index >= 15 is 0 Å². The van der Waals surface area contributed by atoms with Crippen molar-refractivity contribution in [2.75, 3.05) is 0 Å². The van der Waals surface area contributed by atoms with Crippen LogP contribution in [0.2, 0.25) is 5.02 Å². The Morgan fingerprint density at radius 1 is 1.50 bits per heavy atom. The summed E-state index contributed by atoms with van der Waals surface area (Å²) in [5.74, 6) is -0.230. The molecule has 0 amide bonds. The molecule has 0 saturated heterocycles. The number of rotatable bonds is 4. The fourth-order valence-corrected chi connectivity index (χ4v) is 3.83. The molecule has 0 unspecified atom stereocenters. The van der Waals surface area contributed by atoms with E-state index in [0.29, 0.717) is 30.2 Å². The van der Waals surface area contributed by atoms with E-state index in [1.165, 1.54) is 11.3 Å². The van der Waals surface area contributed by atoms with Gasteiger partial charge in [0.2, 0.25) is 0 Å². The number of nitrogens with zero attached hydrogens (tertiary/aromatic N) is 4. The number of carboxylic acid groups (broad SMARTS) is 1. The highest BCUT2D eigenvalue weighted by molar-refractivity contribution is 7.14. The number of thiophene rings is 1. The largest absolute Gasteiger partial charge is 0.481 e. The maximum absolute atomic E-state index is 11.6. The predicted octanol–water partition coefficient (Wildman–Crippen LogP) is 2.70. The van der Waals surface area contributed by atoms with Gasteiger partial charge in [-0.2, -0.15) is 0 Å². The Balaban J connectivity index is 1.94. The lowest BCUT2D eigenvalue weighted by atomic mass is 9.86. The van der Waals surface area contributed by atoms with Gasteiger partial charge in [-0.25, -0.2) is 4.68 Å². The lowest BCUT2D eigenvalue weighted by molar-refractivity contribution is -0.149. The Bertz CT molecular complexity index is 633. The van der Waals surface area contributed by atoms with Crippen LogP contribution in [0.3, 0.4) is 0 Å². The van der Waals surface area contributed by atoms with Crippen molar-refractivity contribution in [2.24, 2.45) is 5.41 Å². The fraction of sp³-hybridized carbons (Fsp3) is 0.500. The second-order valence-electron chi connectivity index (χ2n) is 5.05. The predicted molar refractivity (Wildman–Crippen MR) is 74.7 cm³/mol. The van der Waals surface area contributed by atoms with Crippen LogP contribution >= 0.6 is 22.9 Å². The van der Waals surface area contributed by atoms with Gasteiger partial charge in [0.05, 0.1) is 21.9 Å². The monoisotopic (exact) mass is 312 g/mol. The van der Waals surface area contributed by atoms with Crippen LogP contribution in [-0.2, 0) is 11.3 Å². The molecule has 6 nitrogen and oxygen atoms in total. The van der Waals surface area contributed by atoms with Crippen molar-refractivity contribution >= 4 is 28.9 Å². The zero-order valence-corrected chi connectivity index (χ0v) is 12.2. The molecule has 1 saturated carbocycles. The van der Waals surface area contributed by atoms with Crippen LogP contribution in [0.1, 0.15) is 25.7 Å². The molecule has 106 valence electrons. The molecule has 2 aromatic rings. The number of hydrogen-bond donors (Lipinski definition) is 1. The molecular weight excluding hydrogens is 300 g/mol. The number of carbonyl (C=O) groups is 1. The van der Waals surface area contributed by atoms with E-state index in [9.17, 15) is 9.90 Å². The molecule has 0 aromatic carbocycles. The lowest BCUT2D eigenvalue weighted by Crippen LogP contribution is -2.33. The highest BCUT2D eigenvalue weighted by atomic mass is 35.5. The molecule has 0 spiro atoms. The summed E-state index contributed by atoms with van der Waals surface area (Å²) in [4.78, 5) is 12.4. The van der Waals surface area contributed by atoms with Gasteiger partial charge in [0, 0.05) is 0 Å². The van der Waals surface area contributed by atoms with Crippen LogP contribution < -0.4 is 0 Å². The van der Waals surface area contributed by atoms with Gasteiger partial charge >= 0.3 is 5.97 Å². The summed E-state index contributed by atoms with van der Waals surface area (Å²) < 4.78 is 1.57. The van der Waals surface area contributed by atoms with Gasteiger partial charge in [-0.05, 0) is 34.7 Å². The summed E-state index contributed by atoms with van der Waals surface area (Å²) in [5.41, 5.74) is -0.756. The first-order chi connectivity index (χ1) is 9.62. The van der Waals surface area contributed by atoms with Crippen molar-refractivity contribution in [2.45, 2.75) is 32.2 Å². The second kappa shape index (κ2) is 5.14. The molecule has 2 heterocycles. The number of tetrazole rings is 1. The van der Waals surface area contributed by atoms with Gasteiger partial charge in [-0.3, -0.25) is 4.79 Å². The fourth-order valence-electron chi connectivity index (χ4n) is 2.71. The molecule has 3 rings (SSSR count). The van der Waals surface area contributed by atoms with Gasteiger partial charge < -0.3 is 5.11 Å². The standard InChI is InChI=1S/C12H13ClN4O2S/c13-8-3-6-20-9(8)10-14-15-16-17(10)7-12(11(18)19)4-1-2-5-12/h3,6H,1-2,4-5,7H2,(H,18,19). The van der Waals surface area contributed by atoms with Gasteiger partial charge in [-0.15, -0.1) is 16.4 Å². The smallest absolute Gasteiger partial charge is 0.311 e. The summed E-state index contributed by atoms with van der Waals surface area (Å²) in [6.07, 6.45) is 3.20. The molecule has 0 atom stereocenters. The molecule has 0 aliphatic heterocycles. The van der Waals surface area contributed by atoms with E-state index in [1.54, 1.807) is 10.7 Å². The molecule has 1 N–H and O–H groups in total. The van der Waals surface area contributed by atoms with Gasteiger partial charge in [-0.1, -0.05) is 24.4 Å². The van der Waals surface area contributed by atoms with E-state index in [-0.39, 0.29) is 0 Å². The summed E-state index contributed by atoms with van der Waals surface area (Å²) in [6, 6.07) is 1.78. The van der Waals surface area contributed by atoms with Crippen molar-refractivity contribution in [3.8, 4) is 10.7 Å². The Labute approximate surface area is 124 Å². The minimum absolute atomic E-state index is 0.291. The summed E-state index contributed by atoms with van der Waals surface area (Å²) in [5, 5.41) is 23.6. The molecule has 1 fully saturated rings. The van der Waals surface area contributed by atoms with Crippen LogP contribution in [-0.4, -0.2) is 31.3 Å². The third-order valence-electron chi connectivity index (χ3n) is 3.82. The van der Waals surface area contributed by atoms with Crippen molar-refractivity contribution in [1.82, 2.24) is 20.2 Å². The van der Waals surface area contributed by atoms with E-state index in [0.717, 1.165) is 17.7 Å². The Hall–Kier alpha value is -1.47. The molecule has 2 aromatic heterocycles. The van der Waals surface area contributed by atoms with Crippen molar-refractivity contribution in [3.05, 3.63) is 16.5 Å². The molecule has 8 heteroatoms. The summed E-state index contributed by atoms with van der Waals surface area (Å²) in [6.45, 7) is 0.291. The Morgan fingerprint density at radius 2 is 2.25 bits per heavy atom. The van der Waals surface area contributed by atoms with Gasteiger partial charge in [0.15, 0.2) is 5.82 Å². The van der Waals surface area contributed by atoms with Crippen LogP contribution in [0.15, 0.2) is 11.4 Å². The number of hydrogen-bond acceptors (Lipinski definition) is 5. The first-order valence-corrected chi connectivity index (χ1v) is 7.61. The SMILES string of the molecule is O=C(O)C1(Cn2nnnc2-c2sccc2Cl)CCCC1. The highest BCUT2D eigenvalue weighted by Gasteiger charge is 2.42. The summed E-state index contributed by atoms with van der Waals surface area (Å²) >= 11 is 7.55. The molecule has 1 aliphatic rings. The van der Waals surface area contributed by atoms with E-state index in [2.05, 4.69) is 15.5 Å². The number of aromatic nitrogens is 4. The molecule has 0 bridgehead atoms. The number of carboxylic acids is 1. The normalized spacial score (nSPS) is 17.4. The van der Waals surface area contributed by atoms with E-state index < -0.39 is 11.4 Å². The van der Waals surface area contributed by atoms with Crippen LogP contribution in [0, 0.1) is 5.41 Å². The lowest BCUT2D eigenvalue weighted by Gasteiger charge is -2.23. The van der Waals surface area contributed by atoms with Crippen LogP contribution in [0.4, 0.5) is 0 Å². The van der Waals surface area contributed by atoms with Crippen molar-refractivity contribution < 1.29 is 9.90 Å². The minimum Gasteiger partial charge on any atom is -0.481 e. The minimum atomic E-state index is -0.770. The summed E-state index contributed by atoms with van der Waals surface area (Å²) in [7, 11) is 0. The topological polar surface area (TPSA) is 80.9 Å². The molecule has 20 heavy (non-hydrogen) atoms. The second-order valence-corrected chi connectivity index (χ2v) is 6.37. The van der Waals surface area contributed by atoms with Gasteiger partial charge in [0.1, 0.15) is 0 Å². The first-order valence-electron chi connectivity index (χ1n) is 6.35.